The second-order valence-corrected chi connectivity index (χ2v) is 20.4. The number of carbonyl (C=O) groups is 2. The van der Waals surface area contributed by atoms with Crippen LogP contribution in [0.4, 0.5) is 0 Å². The van der Waals surface area contributed by atoms with E-state index in [-0.39, 0.29) is 25.2 Å². The Morgan fingerprint density at radius 2 is 0.623 bits per heavy atom. The van der Waals surface area contributed by atoms with Crippen LogP contribution in [0.15, 0.2) is 60.8 Å². The quantitative estimate of drug-likeness (QED) is 0.0373. The third-order valence-electron chi connectivity index (χ3n) is 13.6. The number of ether oxygens (including phenoxy) is 2. The molecule has 5 heteroatoms. The summed E-state index contributed by atoms with van der Waals surface area (Å²) in [7, 11) is 0. The van der Waals surface area contributed by atoms with Gasteiger partial charge in [-0.2, -0.15) is 0 Å². The van der Waals surface area contributed by atoms with E-state index in [0.29, 0.717) is 12.8 Å². The van der Waals surface area contributed by atoms with Gasteiger partial charge in [0, 0.05) is 12.8 Å². The minimum Gasteiger partial charge on any atom is -0.462 e. The first-order valence-electron chi connectivity index (χ1n) is 30.3. The summed E-state index contributed by atoms with van der Waals surface area (Å²) in [5.74, 6) is -0.573. The second kappa shape index (κ2) is 59.9. The van der Waals surface area contributed by atoms with Gasteiger partial charge in [-0.05, 0) is 57.8 Å². The molecule has 0 aliphatic rings. The van der Waals surface area contributed by atoms with Crippen LogP contribution in [0.1, 0.15) is 316 Å². The molecule has 0 aromatic rings. The Bertz CT molecular complexity index is 1180. The molecule has 1 atom stereocenters. The van der Waals surface area contributed by atoms with E-state index < -0.39 is 6.10 Å². The first-order valence-corrected chi connectivity index (χ1v) is 30.3. The molecule has 1 unspecified atom stereocenters. The highest BCUT2D eigenvalue weighted by Crippen LogP contribution is 2.18. The van der Waals surface area contributed by atoms with Gasteiger partial charge < -0.3 is 14.6 Å². The van der Waals surface area contributed by atoms with E-state index >= 15 is 0 Å². The summed E-state index contributed by atoms with van der Waals surface area (Å²) in [5.41, 5.74) is 0. The first kappa shape index (κ1) is 66.6. The Hall–Kier alpha value is -2.40. The molecule has 0 aliphatic heterocycles. The van der Waals surface area contributed by atoms with Crippen molar-refractivity contribution in [1.82, 2.24) is 0 Å². The number of hydrogen-bond acceptors (Lipinski definition) is 5. The van der Waals surface area contributed by atoms with Crippen molar-refractivity contribution >= 4 is 11.9 Å². The Kier molecular flexibility index (Phi) is 57.8. The number of unbranched alkanes of at least 4 members (excludes halogenated alkanes) is 38. The van der Waals surface area contributed by atoms with Crippen LogP contribution in [-0.2, 0) is 19.1 Å². The zero-order valence-electron chi connectivity index (χ0n) is 46.1. The third kappa shape index (κ3) is 58.1. The SMILES string of the molecule is CC/C=C\C/C=C\C/C=C\C/C=C\C/C=C\CCCCCCCCCCCCCCCCCCCCCCCCCCCC(=O)OC(CO)COC(=O)CCCCCCCCCCCCCCCC. The molecular formula is C64H116O5. The average molecular weight is 966 g/mol. The predicted molar refractivity (Wildman–Crippen MR) is 302 cm³/mol. The number of hydrogen-bond donors (Lipinski definition) is 1. The van der Waals surface area contributed by atoms with Crippen molar-refractivity contribution in [2.24, 2.45) is 0 Å². The lowest BCUT2D eigenvalue weighted by molar-refractivity contribution is -0.161. The van der Waals surface area contributed by atoms with Crippen molar-refractivity contribution in [3.63, 3.8) is 0 Å². The summed E-state index contributed by atoms with van der Waals surface area (Å²) in [6, 6.07) is 0. The molecule has 0 saturated carbocycles. The maximum absolute atomic E-state index is 12.3. The molecule has 1 N–H and O–H groups in total. The molecule has 5 nitrogen and oxygen atoms in total. The van der Waals surface area contributed by atoms with Gasteiger partial charge in [0.15, 0.2) is 6.10 Å². The molecule has 0 aromatic carbocycles. The van der Waals surface area contributed by atoms with E-state index in [9.17, 15) is 14.7 Å². The van der Waals surface area contributed by atoms with Crippen LogP contribution in [-0.4, -0.2) is 36.4 Å². The fourth-order valence-corrected chi connectivity index (χ4v) is 9.06. The zero-order valence-corrected chi connectivity index (χ0v) is 46.1. The van der Waals surface area contributed by atoms with Crippen molar-refractivity contribution in [2.75, 3.05) is 13.2 Å². The van der Waals surface area contributed by atoms with E-state index in [1.165, 1.54) is 225 Å². The average Bonchev–Trinajstić information content (AvgIpc) is 3.35. The molecule has 0 amide bonds. The Morgan fingerprint density at radius 3 is 0.942 bits per heavy atom. The third-order valence-corrected chi connectivity index (χ3v) is 13.6. The number of allylic oxidation sites excluding steroid dienone is 10. The molecule has 0 fully saturated rings. The van der Waals surface area contributed by atoms with Crippen LogP contribution < -0.4 is 0 Å². The number of carbonyl (C=O) groups excluding carboxylic acids is 2. The normalized spacial score (nSPS) is 12.6. The fraction of sp³-hybridized carbons (Fsp3) is 0.812. The fourth-order valence-electron chi connectivity index (χ4n) is 9.06. The number of rotatable bonds is 56. The van der Waals surface area contributed by atoms with Crippen LogP contribution in [0.2, 0.25) is 0 Å². The molecule has 0 aromatic heterocycles. The molecule has 402 valence electrons. The Morgan fingerprint density at radius 1 is 0.348 bits per heavy atom. The van der Waals surface area contributed by atoms with Crippen LogP contribution in [0, 0.1) is 0 Å². The van der Waals surface area contributed by atoms with Crippen LogP contribution >= 0.6 is 0 Å². The van der Waals surface area contributed by atoms with E-state index in [2.05, 4.69) is 74.6 Å². The van der Waals surface area contributed by atoms with E-state index in [4.69, 9.17) is 9.47 Å². The number of aliphatic hydroxyl groups is 1. The van der Waals surface area contributed by atoms with Gasteiger partial charge >= 0.3 is 11.9 Å². The van der Waals surface area contributed by atoms with Gasteiger partial charge in [0.25, 0.3) is 0 Å². The second-order valence-electron chi connectivity index (χ2n) is 20.4. The molecule has 0 heterocycles. The monoisotopic (exact) mass is 965 g/mol. The highest BCUT2D eigenvalue weighted by molar-refractivity contribution is 5.70. The molecule has 69 heavy (non-hydrogen) atoms. The first-order chi connectivity index (χ1) is 34.1. The van der Waals surface area contributed by atoms with Crippen LogP contribution in [0.3, 0.4) is 0 Å². The van der Waals surface area contributed by atoms with Gasteiger partial charge in [0.05, 0.1) is 6.61 Å². The molecular weight excluding hydrogens is 849 g/mol. The van der Waals surface area contributed by atoms with Crippen molar-refractivity contribution < 1.29 is 24.2 Å². The summed E-state index contributed by atoms with van der Waals surface area (Å²) in [6.07, 6.45) is 80.9. The lowest BCUT2D eigenvalue weighted by atomic mass is 10.0. The van der Waals surface area contributed by atoms with Gasteiger partial charge in [-0.25, -0.2) is 0 Å². The molecule has 0 radical (unpaired) electrons. The van der Waals surface area contributed by atoms with Gasteiger partial charge in [-0.1, -0.05) is 306 Å². The maximum Gasteiger partial charge on any atom is 0.306 e. The molecule has 0 bridgehead atoms. The zero-order chi connectivity index (χ0) is 49.9. The van der Waals surface area contributed by atoms with Crippen molar-refractivity contribution in [1.29, 1.82) is 0 Å². The standard InChI is InChI=1S/C64H116O5/c1-3-5-7-9-11-13-15-17-19-20-21-22-23-24-25-26-27-28-29-30-31-32-33-34-35-36-37-38-39-40-41-42-43-44-45-47-49-51-53-55-57-59-64(67)69-62(60-65)61-68-63(66)58-56-54-52-50-48-46-18-16-14-12-10-8-6-4-2/h5,7,11,13,17,19,21-22,24-25,62,65H,3-4,6,8-10,12,14-16,18,20,23,26-61H2,1-2H3/b7-5-,13-11-,19-17-,22-21-,25-24-. The summed E-state index contributed by atoms with van der Waals surface area (Å²) in [5, 5.41) is 9.64. The molecule has 0 rings (SSSR count). The van der Waals surface area contributed by atoms with Crippen LogP contribution in [0.25, 0.3) is 0 Å². The van der Waals surface area contributed by atoms with Gasteiger partial charge in [0.1, 0.15) is 6.61 Å². The highest BCUT2D eigenvalue weighted by Gasteiger charge is 2.16. The Balaban J connectivity index is 3.38. The molecule has 0 aliphatic carbocycles. The predicted octanol–water partition coefficient (Wildman–Crippen LogP) is 20.6. The maximum atomic E-state index is 12.3. The largest absolute Gasteiger partial charge is 0.462 e. The van der Waals surface area contributed by atoms with Crippen molar-refractivity contribution in [3.05, 3.63) is 60.8 Å². The lowest BCUT2D eigenvalue weighted by Crippen LogP contribution is -2.28. The smallest absolute Gasteiger partial charge is 0.306 e. The summed E-state index contributed by atoms with van der Waals surface area (Å²) in [6.45, 7) is 4.06. The minimum atomic E-state index is -0.767. The number of aliphatic hydroxyl groups excluding tert-OH is 1. The van der Waals surface area contributed by atoms with Crippen LogP contribution in [0.5, 0.6) is 0 Å². The van der Waals surface area contributed by atoms with Crippen molar-refractivity contribution in [2.45, 2.75) is 322 Å². The van der Waals surface area contributed by atoms with Gasteiger partial charge in [0.2, 0.25) is 0 Å². The van der Waals surface area contributed by atoms with Gasteiger partial charge in [-0.15, -0.1) is 0 Å². The van der Waals surface area contributed by atoms with E-state index in [1.807, 2.05) is 0 Å². The lowest BCUT2D eigenvalue weighted by Gasteiger charge is -2.15. The van der Waals surface area contributed by atoms with Gasteiger partial charge in [-0.3, -0.25) is 9.59 Å². The van der Waals surface area contributed by atoms with E-state index in [0.717, 1.165) is 64.2 Å². The summed E-state index contributed by atoms with van der Waals surface area (Å²) < 4.78 is 10.7. The Labute approximate surface area is 430 Å². The minimum absolute atomic E-state index is 0.0596. The topological polar surface area (TPSA) is 72.8 Å². The van der Waals surface area contributed by atoms with E-state index in [1.54, 1.807) is 0 Å². The number of esters is 2. The molecule has 0 spiro atoms. The highest BCUT2D eigenvalue weighted by atomic mass is 16.6. The summed E-state index contributed by atoms with van der Waals surface area (Å²) >= 11 is 0. The molecule has 0 saturated heterocycles. The van der Waals surface area contributed by atoms with Crippen molar-refractivity contribution in [3.8, 4) is 0 Å². The summed E-state index contributed by atoms with van der Waals surface area (Å²) in [4.78, 5) is 24.5.